The molecule has 1 aliphatic heterocycles. The maximum absolute atomic E-state index is 12.1. The van der Waals surface area contributed by atoms with Crippen LogP contribution >= 0.6 is 0 Å². The van der Waals surface area contributed by atoms with Gasteiger partial charge < -0.3 is 43.0 Å². The van der Waals surface area contributed by atoms with Crippen LogP contribution in [-0.4, -0.2) is 60.4 Å². The number of aliphatic hydroxyl groups is 2. The van der Waals surface area contributed by atoms with Gasteiger partial charge in [0.1, 0.15) is 18.5 Å². The molecule has 0 radical (unpaired) electrons. The summed E-state index contributed by atoms with van der Waals surface area (Å²) in [5.41, 5.74) is 7.46. The first kappa shape index (κ1) is 24.4. The number of ether oxygens (including phenoxy) is 1. The van der Waals surface area contributed by atoms with Gasteiger partial charge in [0.2, 0.25) is 12.0 Å². The molecule has 1 aromatic carbocycles. The van der Waals surface area contributed by atoms with E-state index in [2.05, 4.69) is 15.3 Å². The van der Waals surface area contributed by atoms with Crippen LogP contribution in [0.1, 0.15) is 18.7 Å². The quantitative estimate of drug-likeness (QED) is 0.142. The molecule has 0 spiro atoms. The summed E-state index contributed by atoms with van der Waals surface area (Å²) >= 11 is 0. The Hall–Kier alpha value is -3.20. The van der Waals surface area contributed by atoms with E-state index in [1.165, 1.54) is 29.4 Å². The van der Waals surface area contributed by atoms with E-state index in [0.717, 1.165) is 0 Å². The Bertz CT molecular complexity index is 1190. The number of anilines is 1. The molecule has 0 bridgehead atoms. The van der Waals surface area contributed by atoms with E-state index in [9.17, 15) is 25.1 Å². The molecule has 4 rings (SSSR count). The third-order valence-electron chi connectivity index (χ3n) is 5.24. The van der Waals surface area contributed by atoms with Crippen LogP contribution < -0.4 is 32.6 Å². The van der Waals surface area contributed by atoms with Gasteiger partial charge in [-0.05, 0) is 12.5 Å². The summed E-state index contributed by atoms with van der Waals surface area (Å²) < 4.78 is 8.59. The maximum atomic E-state index is 12.1. The van der Waals surface area contributed by atoms with Crippen LogP contribution in [0, 0.1) is 10.1 Å². The number of carbonyl (C=O) groups is 1. The number of aliphatic hydroxyl groups excluding tert-OH is 2. The number of fused-ring (bicyclic) bond motifs is 1. The first-order valence-corrected chi connectivity index (χ1v) is 9.85. The second kappa shape index (κ2) is 9.74. The molecule has 0 aliphatic carbocycles. The fraction of sp³-hybridized carbons (Fsp3) is 0.368. The number of hydrogen-bond donors (Lipinski definition) is 4. The van der Waals surface area contributed by atoms with Crippen molar-refractivity contribution in [3.8, 4) is 0 Å². The minimum Gasteiger partial charge on any atom is -1.00 e. The lowest BCUT2D eigenvalue weighted by atomic mass is 10.1. The third-order valence-corrected chi connectivity index (χ3v) is 5.24. The first-order chi connectivity index (χ1) is 15.3. The molecule has 14 heteroatoms. The Balaban J connectivity index is 0.00000306. The number of benzene rings is 1. The van der Waals surface area contributed by atoms with Crippen molar-refractivity contribution in [2.45, 2.75) is 38.0 Å². The van der Waals surface area contributed by atoms with E-state index in [4.69, 9.17) is 10.5 Å². The van der Waals surface area contributed by atoms with Crippen molar-refractivity contribution in [2.75, 3.05) is 12.3 Å². The van der Waals surface area contributed by atoms with Crippen molar-refractivity contribution >= 4 is 28.6 Å². The Morgan fingerprint density at radius 1 is 1.36 bits per heavy atom. The minimum atomic E-state index is -1.43. The van der Waals surface area contributed by atoms with Crippen LogP contribution in [0.15, 0.2) is 36.9 Å². The van der Waals surface area contributed by atoms with Crippen LogP contribution in [0.25, 0.3) is 11.2 Å². The fourth-order valence-electron chi connectivity index (χ4n) is 3.64. The Kier molecular flexibility index (Phi) is 7.22. The Morgan fingerprint density at radius 2 is 2.12 bits per heavy atom. The van der Waals surface area contributed by atoms with E-state index >= 15 is 0 Å². The van der Waals surface area contributed by atoms with Gasteiger partial charge >= 0.3 is 0 Å². The number of nitrogen functional groups attached to an aromatic ring is 1. The number of amides is 1. The second-order valence-corrected chi connectivity index (χ2v) is 7.33. The zero-order valence-corrected chi connectivity index (χ0v) is 19.0. The Morgan fingerprint density at radius 3 is 2.82 bits per heavy atom. The highest BCUT2D eigenvalue weighted by molar-refractivity contribution is 5.82. The average molecular weight is 524 g/mol. The molecule has 2 aromatic heterocycles. The van der Waals surface area contributed by atoms with Crippen molar-refractivity contribution in [2.24, 2.45) is 0 Å². The molecule has 0 unspecified atom stereocenters. The van der Waals surface area contributed by atoms with E-state index in [0.29, 0.717) is 17.6 Å². The first-order valence-electron chi connectivity index (χ1n) is 9.85. The highest BCUT2D eigenvalue weighted by atomic mass is 79.9. The van der Waals surface area contributed by atoms with Crippen molar-refractivity contribution in [3.05, 3.63) is 52.6 Å². The summed E-state index contributed by atoms with van der Waals surface area (Å²) in [5.74, 6) is -0.290. The standard InChI is InChI=1S/C19H21N7O6.BrH/c1-2-21-18(29)15-13(27)14(28)19(32-15)25-9-22-12-16(20)24(8-23-17(12)25)7-10-4-3-5-11(6-10)26(30)31;/h3-6,8-9,13-15,19-20,27-28H,2,7H2,1H3,(H,21,29);1H/t13-,14+,15-,19+;/m0./s1. The molecule has 0 saturated carbocycles. The number of carbonyl (C=O) groups excluding carboxylic acids is 1. The number of halogens is 1. The molecule has 1 aliphatic rings. The van der Waals surface area contributed by atoms with Gasteiger partial charge in [0.05, 0.1) is 11.5 Å². The van der Waals surface area contributed by atoms with Crippen LogP contribution in [0.2, 0.25) is 0 Å². The summed E-state index contributed by atoms with van der Waals surface area (Å²) in [5, 5.41) is 34.2. The van der Waals surface area contributed by atoms with Crippen molar-refractivity contribution in [1.82, 2.24) is 19.9 Å². The van der Waals surface area contributed by atoms with Gasteiger partial charge in [0.25, 0.3) is 17.4 Å². The molecule has 1 saturated heterocycles. The molecule has 1 fully saturated rings. The fourth-order valence-corrected chi connectivity index (χ4v) is 3.64. The summed E-state index contributed by atoms with van der Waals surface area (Å²) in [6.07, 6.45) is -2.36. The smallest absolute Gasteiger partial charge is 0.269 e. The highest BCUT2D eigenvalue weighted by Crippen LogP contribution is 2.32. The number of rotatable bonds is 6. The molecule has 13 nitrogen and oxygen atoms in total. The number of nitro benzene ring substituents is 1. The molecule has 4 atom stereocenters. The maximum Gasteiger partial charge on any atom is 0.269 e. The number of nitro groups is 1. The highest BCUT2D eigenvalue weighted by Gasteiger charge is 2.48. The van der Waals surface area contributed by atoms with E-state index in [1.54, 1.807) is 23.6 Å². The lowest BCUT2D eigenvalue weighted by Gasteiger charge is -2.15. The zero-order chi connectivity index (χ0) is 23.0. The van der Waals surface area contributed by atoms with Gasteiger partial charge in [0, 0.05) is 18.7 Å². The summed E-state index contributed by atoms with van der Waals surface area (Å²) in [4.78, 5) is 31.2. The van der Waals surface area contributed by atoms with Gasteiger partial charge in [-0.1, -0.05) is 17.1 Å². The number of aromatic nitrogens is 4. The van der Waals surface area contributed by atoms with Crippen LogP contribution in [0.4, 0.5) is 11.5 Å². The lowest BCUT2D eigenvalue weighted by molar-refractivity contribution is -0.675. The molecular formula is C19H22BrN7O6. The lowest BCUT2D eigenvalue weighted by Crippen LogP contribution is -3.00. The van der Waals surface area contributed by atoms with E-state index in [1.807, 2.05) is 0 Å². The predicted molar refractivity (Wildman–Crippen MR) is 109 cm³/mol. The van der Waals surface area contributed by atoms with Crippen LogP contribution in [0.5, 0.6) is 0 Å². The number of nitrogens with zero attached hydrogens (tertiary/aromatic N) is 5. The number of hydrogen-bond acceptors (Lipinski definition) is 9. The van der Waals surface area contributed by atoms with E-state index in [-0.39, 0.29) is 40.7 Å². The summed E-state index contributed by atoms with van der Waals surface area (Å²) in [6, 6.07) is 6.16. The van der Waals surface area contributed by atoms with Crippen molar-refractivity contribution in [1.29, 1.82) is 0 Å². The average Bonchev–Trinajstić information content (AvgIpc) is 3.32. The van der Waals surface area contributed by atoms with Gasteiger partial charge in [-0.15, -0.1) is 0 Å². The topological polar surface area (TPSA) is 183 Å². The van der Waals surface area contributed by atoms with Crippen LogP contribution in [0.3, 0.4) is 0 Å². The summed E-state index contributed by atoms with van der Waals surface area (Å²) in [6.45, 7) is 2.30. The van der Waals surface area contributed by atoms with Gasteiger partial charge in [-0.25, -0.2) is 9.55 Å². The van der Waals surface area contributed by atoms with E-state index < -0.39 is 35.4 Å². The van der Waals surface area contributed by atoms with Gasteiger partial charge in [-0.3, -0.25) is 19.5 Å². The zero-order valence-electron chi connectivity index (χ0n) is 17.4. The number of likely N-dealkylation sites (N-methyl/N-ethyl adjacent to an activating group) is 1. The number of non-ortho nitro benzene ring substituents is 1. The molecule has 33 heavy (non-hydrogen) atoms. The third kappa shape index (κ3) is 4.50. The van der Waals surface area contributed by atoms with Crippen molar-refractivity contribution < 1.29 is 46.2 Å². The molecule has 5 N–H and O–H groups in total. The predicted octanol–water partition coefficient (Wildman–Crippen LogP) is -3.98. The van der Waals surface area contributed by atoms with Crippen LogP contribution in [-0.2, 0) is 16.1 Å². The monoisotopic (exact) mass is 523 g/mol. The van der Waals surface area contributed by atoms with Gasteiger partial charge in [0.15, 0.2) is 17.8 Å². The Labute approximate surface area is 197 Å². The molecule has 3 heterocycles. The number of imidazole rings is 1. The second-order valence-electron chi connectivity index (χ2n) is 7.33. The molecule has 1 amide bonds. The number of nitrogens with two attached hydrogens (primary N) is 1. The van der Waals surface area contributed by atoms with Gasteiger partial charge in [-0.2, -0.15) is 0 Å². The molecule has 176 valence electrons. The SMILES string of the molecule is CCNC(=O)[C@H]1O[C@@H](n2cnc3c(N)[n+](Cc4cccc([N+](=O)[O-])c4)cnc32)[C@H](O)[C@@H]1O.[Br-]. The molecular weight excluding hydrogens is 502 g/mol. The number of nitrogens with one attached hydrogen (secondary N) is 1. The minimum absolute atomic E-state index is 0. The largest absolute Gasteiger partial charge is 1.00 e. The normalized spacial score (nSPS) is 22.2. The summed E-state index contributed by atoms with van der Waals surface area (Å²) in [7, 11) is 0. The van der Waals surface area contributed by atoms with Crippen molar-refractivity contribution in [3.63, 3.8) is 0 Å². The molecule has 3 aromatic rings.